The van der Waals surface area contributed by atoms with Crippen LogP contribution in [-0.4, -0.2) is 78.2 Å². The lowest BCUT2D eigenvalue weighted by Crippen LogP contribution is -2.43. The van der Waals surface area contributed by atoms with E-state index in [2.05, 4.69) is 20.3 Å². The highest BCUT2D eigenvalue weighted by atomic mass is 16.7. The number of amides is 1. The molecule has 0 saturated heterocycles. The first-order chi connectivity index (χ1) is 11.5. The molecule has 0 unspecified atom stereocenters. The molecule has 0 fully saturated rings. The van der Waals surface area contributed by atoms with E-state index in [1.807, 2.05) is 0 Å². The fourth-order valence-corrected chi connectivity index (χ4v) is 1.58. The molecule has 0 aromatic rings. The van der Waals surface area contributed by atoms with Crippen LogP contribution in [-0.2, 0) is 38.2 Å². The highest BCUT2D eigenvalue weighted by molar-refractivity contribution is 5.85. The molecule has 1 atom stereocenters. The minimum Gasteiger partial charge on any atom is -0.469 e. The first-order valence-corrected chi connectivity index (χ1v) is 7.43. The topological polar surface area (TPSA) is 121 Å². The zero-order chi connectivity index (χ0) is 18.2. The van der Waals surface area contributed by atoms with Gasteiger partial charge in [-0.1, -0.05) is 0 Å². The number of hydroxylamine groups is 1. The fourth-order valence-electron chi connectivity index (χ4n) is 1.58. The zero-order valence-electron chi connectivity index (χ0n) is 14.3. The quantitative estimate of drug-likeness (QED) is 0.225. The number of nitrogens with one attached hydrogen (secondary N) is 2. The van der Waals surface area contributed by atoms with Crippen molar-refractivity contribution in [2.24, 2.45) is 0 Å². The number of methoxy groups -OCH3 is 2. The van der Waals surface area contributed by atoms with Gasteiger partial charge >= 0.3 is 11.9 Å². The van der Waals surface area contributed by atoms with Crippen molar-refractivity contribution in [3.05, 3.63) is 0 Å². The third-order valence-electron chi connectivity index (χ3n) is 2.76. The van der Waals surface area contributed by atoms with Crippen molar-refractivity contribution in [2.75, 3.05) is 54.3 Å². The summed E-state index contributed by atoms with van der Waals surface area (Å²) in [6.45, 7) is 1.09. The van der Waals surface area contributed by atoms with Crippen molar-refractivity contribution in [2.45, 2.75) is 18.9 Å². The van der Waals surface area contributed by atoms with Crippen LogP contribution in [0.25, 0.3) is 0 Å². The van der Waals surface area contributed by atoms with Gasteiger partial charge in [0.15, 0.2) is 0 Å². The van der Waals surface area contributed by atoms with Crippen LogP contribution < -0.4 is 10.8 Å². The van der Waals surface area contributed by atoms with Gasteiger partial charge in [0, 0.05) is 13.5 Å². The van der Waals surface area contributed by atoms with E-state index < -0.39 is 23.9 Å². The van der Waals surface area contributed by atoms with Gasteiger partial charge in [0.25, 0.3) is 0 Å². The monoisotopic (exact) mass is 350 g/mol. The Morgan fingerprint density at radius 3 is 2.25 bits per heavy atom. The summed E-state index contributed by atoms with van der Waals surface area (Å²) in [6, 6.07) is -0.930. The zero-order valence-corrected chi connectivity index (χ0v) is 14.3. The average Bonchev–Trinajstić information content (AvgIpc) is 2.59. The van der Waals surface area contributed by atoms with Crippen molar-refractivity contribution in [3.8, 4) is 0 Å². The molecular formula is C14H26N2O8. The van der Waals surface area contributed by atoms with Crippen LogP contribution in [0.3, 0.4) is 0 Å². The number of carbonyl (C=O) groups is 3. The molecule has 0 bridgehead atoms. The maximum atomic E-state index is 11.7. The predicted octanol–water partition coefficient (Wildman–Crippen LogP) is -1.22. The molecule has 0 rings (SSSR count). The summed E-state index contributed by atoms with van der Waals surface area (Å²) in [7, 11) is 4.09. The molecule has 0 saturated carbocycles. The minimum atomic E-state index is -0.930. The van der Waals surface area contributed by atoms with Crippen LogP contribution >= 0.6 is 0 Å². The van der Waals surface area contributed by atoms with Gasteiger partial charge in [-0.3, -0.25) is 14.4 Å². The average molecular weight is 350 g/mol. The van der Waals surface area contributed by atoms with Crippen LogP contribution in [0.1, 0.15) is 12.8 Å². The molecule has 1 amide bonds. The molecule has 0 radical (unpaired) electrons. The van der Waals surface area contributed by atoms with Crippen molar-refractivity contribution in [1.29, 1.82) is 0 Å². The number of ether oxygens (including phenoxy) is 4. The Morgan fingerprint density at radius 2 is 1.62 bits per heavy atom. The maximum Gasteiger partial charge on any atom is 0.328 e. The standard InChI is InChI=1S/C14H26N2O8/c1-15-24-9-8-22-6-7-23-10-12(17)16-11(14(19)21-3)4-5-13(18)20-2/h11,15H,4-10H2,1-3H3,(H,16,17)/t11-/m0/s1. The van der Waals surface area contributed by atoms with E-state index in [9.17, 15) is 14.4 Å². The van der Waals surface area contributed by atoms with Crippen molar-refractivity contribution in [1.82, 2.24) is 10.8 Å². The predicted molar refractivity (Wildman–Crippen MR) is 81.8 cm³/mol. The molecule has 10 nitrogen and oxygen atoms in total. The molecule has 0 aromatic heterocycles. The summed E-state index contributed by atoms with van der Waals surface area (Å²) in [6.07, 6.45) is 0.0690. The number of hydrogen-bond acceptors (Lipinski definition) is 9. The maximum absolute atomic E-state index is 11.7. The lowest BCUT2D eigenvalue weighted by atomic mass is 10.1. The molecule has 0 aliphatic carbocycles. The lowest BCUT2D eigenvalue weighted by Gasteiger charge is -2.16. The second kappa shape index (κ2) is 14.8. The lowest BCUT2D eigenvalue weighted by molar-refractivity contribution is -0.147. The normalized spacial score (nSPS) is 11.6. The van der Waals surface area contributed by atoms with E-state index >= 15 is 0 Å². The molecule has 0 aliphatic heterocycles. The summed E-state index contributed by atoms with van der Waals surface area (Å²) < 4.78 is 19.4. The molecule has 10 heteroatoms. The number of hydrogen-bond donors (Lipinski definition) is 2. The second-order valence-corrected chi connectivity index (χ2v) is 4.48. The van der Waals surface area contributed by atoms with E-state index in [1.54, 1.807) is 7.05 Å². The SMILES string of the molecule is CNOCCOCCOCC(=O)N[C@@H](CCC(=O)OC)C(=O)OC. The first kappa shape index (κ1) is 22.2. The molecule has 140 valence electrons. The first-order valence-electron chi connectivity index (χ1n) is 7.43. The van der Waals surface area contributed by atoms with E-state index in [0.29, 0.717) is 19.8 Å². The molecule has 0 spiro atoms. The van der Waals surface area contributed by atoms with E-state index in [4.69, 9.17) is 14.3 Å². The second-order valence-electron chi connectivity index (χ2n) is 4.48. The smallest absolute Gasteiger partial charge is 0.328 e. The number of esters is 2. The van der Waals surface area contributed by atoms with Crippen LogP contribution in [0.4, 0.5) is 0 Å². The molecule has 2 N–H and O–H groups in total. The summed E-state index contributed by atoms with van der Waals surface area (Å²) in [5.74, 6) is -1.61. The molecule has 0 aliphatic rings. The van der Waals surface area contributed by atoms with Crippen molar-refractivity contribution in [3.63, 3.8) is 0 Å². The van der Waals surface area contributed by atoms with Crippen molar-refractivity contribution >= 4 is 17.8 Å². The van der Waals surface area contributed by atoms with Gasteiger partial charge in [-0.05, 0) is 6.42 Å². The van der Waals surface area contributed by atoms with E-state index in [1.165, 1.54) is 14.2 Å². The summed E-state index contributed by atoms with van der Waals surface area (Å²) in [5, 5.41) is 2.45. The molecular weight excluding hydrogens is 324 g/mol. The molecule has 0 aromatic carbocycles. The van der Waals surface area contributed by atoms with Crippen molar-refractivity contribution < 1.29 is 38.2 Å². The highest BCUT2D eigenvalue weighted by Gasteiger charge is 2.22. The van der Waals surface area contributed by atoms with Gasteiger partial charge in [0.05, 0.1) is 40.6 Å². The summed E-state index contributed by atoms with van der Waals surface area (Å²) in [5.41, 5.74) is 2.51. The number of carbonyl (C=O) groups excluding carboxylic acids is 3. The highest BCUT2D eigenvalue weighted by Crippen LogP contribution is 2.01. The van der Waals surface area contributed by atoms with E-state index in [-0.39, 0.29) is 26.1 Å². The Hall–Kier alpha value is -1.75. The third-order valence-corrected chi connectivity index (χ3v) is 2.76. The number of rotatable bonds is 14. The van der Waals surface area contributed by atoms with Gasteiger partial charge in [-0.25, -0.2) is 10.3 Å². The van der Waals surface area contributed by atoms with Crippen LogP contribution in [0.5, 0.6) is 0 Å². The Morgan fingerprint density at radius 1 is 0.958 bits per heavy atom. The van der Waals surface area contributed by atoms with Gasteiger partial charge < -0.3 is 24.3 Å². The summed E-state index contributed by atoms with van der Waals surface area (Å²) >= 11 is 0. The minimum absolute atomic E-state index is 0.0140. The molecule has 0 heterocycles. The van der Waals surface area contributed by atoms with Crippen LogP contribution in [0.15, 0.2) is 0 Å². The Balaban J connectivity index is 3.92. The third kappa shape index (κ3) is 11.8. The Labute approximate surface area is 141 Å². The van der Waals surface area contributed by atoms with Crippen LogP contribution in [0.2, 0.25) is 0 Å². The van der Waals surface area contributed by atoms with Crippen LogP contribution in [0, 0.1) is 0 Å². The Bertz CT molecular complexity index is 378. The van der Waals surface area contributed by atoms with E-state index in [0.717, 1.165) is 0 Å². The van der Waals surface area contributed by atoms with Gasteiger partial charge in [0.2, 0.25) is 5.91 Å². The van der Waals surface area contributed by atoms with Gasteiger partial charge in [-0.15, -0.1) is 0 Å². The fraction of sp³-hybridized carbons (Fsp3) is 0.786. The Kier molecular flexibility index (Phi) is 13.7. The molecule has 24 heavy (non-hydrogen) atoms. The van der Waals surface area contributed by atoms with Gasteiger partial charge in [0.1, 0.15) is 12.6 Å². The summed E-state index contributed by atoms with van der Waals surface area (Å²) in [4.78, 5) is 39.3. The largest absolute Gasteiger partial charge is 0.469 e. The van der Waals surface area contributed by atoms with Gasteiger partial charge in [-0.2, -0.15) is 0 Å².